The highest BCUT2D eigenvalue weighted by Crippen LogP contribution is 2.19. The Morgan fingerprint density at radius 1 is 0.370 bits per heavy atom. The maximum atomic E-state index is 12.5. The molecule has 0 fully saturated rings. The van der Waals surface area contributed by atoms with Crippen molar-refractivity contribution in [1.82, 2.24) is 5.32 Å². The van der Waals surface area contributed by atoms with E-state index >= 15 is 0 Å². The molecule has 0 aromatic carbocycles. The Morgan fingerprint density at radius 3 is 0.932 bits per heavy atom. The van der Waals surface area contributed by atoms with Crippen LogP contribution in [0.15, 0.2) is 12.2 Å². The summed E-state index contributed by atoms with van der Waals surface area (Å²) in [6.45, 7) is 4.94. The molecule has 6 heteroatoms. The number of nitrogens with one attached hydrogen (secondary N) is 1. The molecular formula is C67H131NO5. The molecule has 0 aliphatic heterocycles. The minimum atomic E-state index is -0.845. The summed E-state index contributed by atoms with van der Waals surface area (Å²) in [6.07, 6.45) is 76.9. The molecule has 0 spiro atoms. The average molecular weight is 1030 g/mol. The number of amides is 1. The van der Waals surface area contributed by atoms with Crippen LogP contribution in [-0.4, -0.2) is 47.4 Å². The van der Waals surface area contributed by atoms with Crippen molar-refractivity contribution in [2.24, 2.45) is 0 Å². The fourth-order valence-corrected chi connectivity index (χ4v) is 10.7. The van der Waals surface area contributed by atoms with Crippen LogP contribution in [0.3, 0.4) is 0 Å². The molecular weight excluding hydrogens is 899 g/mol. The zero-order chi connectivity index (χ0) is 52.9. The van der Waals surface area contributed by atoms with E-state index in [1.165, 1.54) is 315 Å². The maximum absolute atomic E-state index is 12.5. The molecule has 3 N–H and O–H groups in total. The van der Waals surface area contributed by atoms with E-state index in [4.69, 9.17) is 4.74 Å². The van der Waals surface area contributed by atoms with Crippen molar-refractivity contribution < 1.29 is 24.5 Å². The van der Waals surface area contributed by atoms with E-state index in [2.05, 4.69) is 19.2 Å². The highest BCUT2D eigenvalue weighted by Gasteiger charge is 2.18. The standard InChI is InChI=1S/C67H131NO5/c1-3-5-7-9-11-13-15-17-19-20-21-25-28-32-35-39-43-47-51-55-59-65(70)64(63-69)68-66(71)60-56-52-48-44-40-36-33-29-26-23-22-24-27-30-34-38-42-46-50-54-58-62-73-67(72)61-57-53-49-45-41-37-31-18-16-14-12-10-8-6-4-2/h55,59,64-65,69-70H,3-54,56-58,60-63H2,1-2H3,(H,68,71)/b59-55+. The Labute approximate surface area is 457 Å². The SMILES string of the molecule is CCCCCCCCCCCCCCCCCCCC/C=C/C(O)C(CO)NC(=O)CCCCCCCCCCCCCCCCCCCCCCCOC(=O)CCCCCCCCCCCCCCCCC. The number of esters is 1. The number of aliphatic hydroxyl groups excluding tert-OH is 2. The first-order valence-electron chi connectivity index (χ1n) is 33.5. The number of unbranched alkanes of at least 4 members (excludes halogenated alkanes) is 52. The fraction of sp³-hybridized carbons (Fsp3) is 0.940. The highest BCUT2D eigenvalue weighted by atomic mass is 16.5. The summed E-state index contributed by atoms with van der Waals surface area (Å²) in [5, 5.41) is 23.2. The largest absolute Gasteiger partial charge is 0.466 e. The number of aliphatic hydroxyl groups is 2. The van der Waals surface area contributed by atoms with Gasteiger partial charge in [-0.15, -0.1) is 0 Å². The molecule has 2 atom stereocenters. The zero-order valence-corrected chi connectivity index (χ0v) is 49.6. The number of ether oxygens (including phenoxy) is 1. The second kappa shape index (κ2) is 63.1. The Kier molecular flexibility index (Phi) is 61.9. The van der Waals surface area contributed by atoms with Gasteiger partial charge in [-0.05, 0) is 32.1 Å². The molecule has 0 bridgehead atoms. The van der Waals surface area contributed by atoms with Gasteiger partial charge in [-0.25, -0.2) is 0 Å². The van der Waals surface area contributed by atoms with E-state index in [9.17, 15) is 19.8 Å². The lowest BCUT2D eigenvalue weighted by molar-refractivity contribution is -0.143. The molecule has 0 saturated carbocycles. The third-order valence-electron chi connectivity index (χ3n) is 15.8. The van der Waals surface area contributed by atoms with Crippen LogP contribution in [-0.2, 0) is 14.3 Å². The topological polar surface area (TPSA) is 95.9 Å². The molecule has 0 radical (unpaired) electrons. The van der Waals surface area contributed by atoms with Crippen molar-refractivity contribution in [3.05, 3.63) is 12.2 Å². The van der Waals surface area contributed by atoms with Crippen LogP contribution in [0.1, 0.15) is 380 Å². The van der Waals surface area contributed by atoms with Gasteiger partial charge in [0.1, 0.15) is 0 Å². The van der Waals surface area contributed by atoms with Gasteiger partial charge in [0.25, 0.3) is 0 Å². The molecule has 0 rings (SSSR count). The predicted octanol–water partition coefficient (Wildman–Crippen LogP) is 21.2. The monoisotopic (exact) mass is 1030 g/mol. The summed E-state index contributed by atoms with van der Waals surface area (Å²) in [5.74, 6) is -0.0495. The highest BCUT2D eigenvalue weighted by molar-refractivity contribution is 5.76. The predicted molar refractivity (Wildman–Crippen MR) is 320 cm³/mol. The average Bonchev–Trinajstić information content (AvgIpc) is 3.39. The van der Waals surface area contributed by atoms with Crippen molar-refractivity contribution >= 4 is 11.9 Å². The minimum Gasteiger partial charge on any atom is -0.466 e. The second-order valence-corrected chi connectivity index (χ2v) is 23.2. The van der Waals surface area contributed by atoms with Crippen molar-refractivity contribution in [2.75, 3.05) is 13.2 Å². The van der Waals surface area contributed by atoms with Gasteiger partial charge in [0.15, 0.2) is 0 Å². The van der Waals surface area contributed by atoms with Crippen LogP contribution >= 0.6 is 0 Å². The Bertz CT molecular complexity index is 1100. The van der Waals surface area contributed by atoms with Gasteiger partial charge in [0.2, 0.25) is 5.91 Å². The number of carbonyl (C=O) groups excluding carboxylic acids is 2. The van der Waals surface area contributed by atoms with Crippen LogP contribution in [0.2, 0.25) is 0 Å². The van der Waals surface area contributed by atoms with Crippen LogP contribution in [0.4, 0.5) is 0 Å². The molecule has 73 heavy (non-hydrogen) atoms. The van der Waals surface area contributed by atoms with Gasteiger partial charge in [0, 0.05) is 12.8 Å². The molecule has 2 unspecified atom stereocenters. The van der Waals surface area contributed by atoms with Crippen molar-refractivity contribution in [2.45, 2.75) is 392 Å². The van der Waals surface area contributed by atoms with Crippen LogP contribution in [0.5, 0.6) is 0 Å². The summed E-state index contributed by atoms with van der Waals surface area (Å²) >= 11 is 0. The fourth-order valence-electron chi connectivity index (χ4n) is 10.7. The number of carbonyl (C=O) groups is 2. The first-order chi connectivity index (χ1) is 36.0. The molecule has 0 saturated heterocycles. The lowest BCUT2D eigenvalue weighted by Crippen LogP contribution is -2.45. The third kappa shape index (κ3) is 59.7. The smallest absolute Gasteiger partial charge is 0.305 e. The quantitative estimate of drug-likeness (QED) is 0.0320. The van der Waals surface area contributed by atoms with Crippen LogP contribution < -0.4 is 5.32 Å². The Balaban J connectivity index is 3.40. The number of hydrogen-bond acceptors (Lipinski definition) is 5. The van der Waals surface area contributed by atoms with Gasteiger partial charge in [-0.1, -0.05) is 347 Å². The lowest BCUT2D eigenvalue weighted by atomic mass is 10.0. The number of rotatable bonds is 63. The molecule has 0 aromatic heterocycles. The molecule has 0 aromatic rings. The summed E-state index contributed by atoms with van der Waals surface area (Å²) < 4.78 is 5.49. The van der Waals surface area contributed by atoms with Gasteiger partial charge in [-0.2, -0.15) is 0 Å². The Hall–Kier alpha value is -1.40. The zero-order valence-electron chi connectivity index (χ0n) is 49.6. The summed E-state index contributed by atoms with van der Waals surface area (Å²) in [4.78, 5) is 24.6. The maximum Gasteiger partial charge on any atom is 0.305 e. The van der Waals surface area contributed by atoms with Gasteiger partial charge >= 0.3 is 5.97 Å². The molecule has 434 valence electrons. The summed E-state index contributed by atoms with van der Waals surface area (Å²) in [5.41, 5.74) is 0. The third-order valence-corrected chi connectivity index (χ3v) is 15.8. The van der Waals surface area contributed by atoms with E-state index in [1.54, 1.807) is 6.08 Å². The van der Waals surface area contributed by atoms with Crippen molar-refractivity contribution in [3.63, 3.8) is 0 Å². The first-order valence-corrected chi connectivity index (χ1v) is 33.5. The van der Waals surface area contributed by atoms with E-state index in [-0.39, 0.29) is 18.5 Å². The van der Waals surface area contributed by atoms with Crippen LogP contribution in [0, 0.1) is 0 Å². The normalized spacial score (nSPS) is 12.5. The van der Waals surface area contributed by atoms with Gasteiger partial charge in [0.05, 0.1) is 25.4 Å². The van der Waals surface area contributed by atoms with E-state index in [1.807, 2.05) is 6.08 Å². The minimum absolute atomic E-state index is 0.0153. The van der Waals surface area contributed by atoms with E-state index in [0.717, 1.165) is 38.5 Å². The van der Waals surface area contributed by atoms with Gasteiger partial charge in [-0.3, -0.25) is 9.59 Å². The molecule has 0 aliphatic carbocycles. The molecule has 1 amide bonds. The van der Waals surface area contributed by atoms with Gasteiger partial charge < -0.3 is 20.3 Å². The first kappa shape index (κ1) is 71.6. The van der Waals surface area contributed by atoms with E-state index < -0.39 is 12.1 Å². The van der Waals surface area contributed by atoms with Crippen LogP contribution in [0.25, 0.3) is 0 Å². The molecule has 0 heterocycles. The second-order valence-electron chi connectivity index (χ2n) is 23.2. The number of allylic oxidation sites excluding steroid dienone is 1. The Morgan fingerprint density at radius 2 is 0.630 bits per heavy atom. The molecule has 0 aliphatic rings. The molecule has 6 nitrogen and oxygen atoms in total. The summed E-state index contributed by atoms with van der Waals surface area (Å²) in [7, 11) is 0. The lowest BCUT2D eigenvalue weighted by Gasteiger charge is -2.20. The van der Waals surface area contributed by atoms with Crippen molar-refractivity contribution in [3.8, 4) is 0 Å². The number of hydrogen-bond donors (Lipinski definition) is 3. The van der Waals surface area contributed by atoms with Crippen molar-refractivity contribution in [1.29, 1.82) is 0 Å². The van der Waals surface area contributed by atoms with E-state index in [0.29, 0.717) is 19.4 Å². The summed E-state index contributed by atoms with van der Waals surface area (Å²) in [6, 6.07) is -0.629.